The van der Waals surface area contributed by atoms with Crippen LogP contribution in [0, 0.1) is 5.82 Å². The van der Waals surface area contributed by atoms with Crippen LogP contribution in [0.4, 0.5) is 4.39 Å². The van der Waals surface area contributed by atoms with Gasteiger partial charge in [0.25, 0.3) is 0 Å². The zero-order valence-electron chi connectivity index (χ0n) is 26.1. The van der Waals surface area contributed by atoms with Crippen LogP contribution in [0.15, 0.2) is 164 Å². The normalized spacial score (nSPS) is 11.0. The first-order chi connectivity index (χ1) is 24.2. The highest BCUT2D eigenvalue weighted by molar-refractivity contribution is 5.74. The third-order valence-electron chi connectivity index (χ3n) is 8.06. The third kappa shape index (κ3) is 6.33. The average molecular weight is 635 g/mol. The van der Waals surface area contributed by atoms with Gasteiger partial charge in [-0.25, -0.2) is 34.3 Å². The lowest BCUT2D eigenvalue weighted by Crippen LogP contribution is -2.02. The van der Waals surface area contributed by atoms with Gasteiger partial charge in [0.1, 0.15) is 5.82 Å². The van der Waals surface area contributed by atoms with Gasteiger partial charge in [0.05, 0.1) is 5.56 Å². The molecule has 0 radical (unpaired) electrons. The Morgan fingerprint density at radius 1 is 0.265 bits per heavy atom. The Labute approximate surface area is 282 Å². The molecule has 0 bridgehead atoms. The van der Waals surface area contributed by atoms with E-state index < -0.39 is 5.82 Å². The molecule has 8 rings (SSSR count). The van der Waals surface area contributed by atoms with Gasteiger partial charge >= 0.3 is 0 Å². The summed E-state index contributed by atoms with van der Waals surface area (Å²) in [6.07, 6.45) is 0. The summed E-state index contributed by atoms with van der Waals surface area (Å²) in [7, 11) is 0. The fourth-order valence-corrected chi connectivity index (χ4v) is 5.58. The van der Waals surface area contributed by atoms with Gasteiger partial charge in [-0.15, -0.1) is 0 Å². The van der Waals surface area contributed by atoms with Gasteiger partial charge in [0.15, 0.2) is 34.9 Å². The van der Waals surface area contributed by atoms with E-state index in [2.05, 4.69) is 24.3 Å². The fourth-order valence-electron chi connectivity index (χ4n) is 5.58. The summed E-state index contributed by atoms with van der Waals surface area (Å²) in [4.78, 5) is 28.6. The summed E-state index contributed by atoms with van der Waals surface area (Å²) in [5, 5.41) is 0. The maximum absolute atomic E-state index is 16.2. The molecule has 49 heavy (non-hydrogen) atoms. The summed E-state index contributed by atoms with van der Waals surface area (Å²) in [5.41, 5.74) is 6.14. The van der Waals surface area contributed by atoms with E-state index >= 15 is 4.39 Å². The van der Waals surface area contributed by atoms with Crippen molar-refractivity contribution in [3.05, 3.63) is 170 Å². The van der Waals surface area contributed by atoms with Crippen molar-refractivity contribution < 1.29 is 4.39 Å². The second-order valence-corrected chi connectivity index (χ2v) is 11.4. The number of hydrogen-bond acceptors (Lipinski definition) is 6. The average Bonchev–Trinajstić information content (AvgIpc) is 3.19. The molecule has 0 saturated carbocycles. The fraction of sp³-hybridized carbons (Fsp3) is 0. The molecule has 0 aliphatic heterocycles. The lowest BCUT2D eigenvalue weighted by atomic mass is 10.0. The Kier molecular flexibility index (Phi) is 7.97. The van der Waals surface area contributed by atoms with Gasteiger partial charge in [0.2, 0.25) is 0 Å². The van der Waals surface area contributed by atoms with Crippen LogP contribution in [0.5, 0.6) is 0 Å². The van der Waals surface area contributed by atoms with Gasteiger partial charge in [-0.1, -0.05) is 146 Å². The molecule has 0 amide bonds. The molecule has 8 aromatic rings. The van der Waals surface area contributed by atoms with E-state index in [-0.39, 0.29) is 11.4 Å². The summed E-state index contributed by atoms with van der Waals surface area (Å²) in [6.45, 7) is 0. The number of nitrogens with zero attached hydrogens (tertiary/aromatic N) is 6. The molecule has 7 heteroatoms. The third-order valence-corrected chi connectivity index (χ3v) is 8.06. The Morgan fingerprint density at radius 3 is 1.06 bits per heavy atom. The van der Waals surface area contributed by atoms with E-state index in [1.54, 1.807) is 12.1 Å². The first kappa shape index (κ1) is 29.7. The Balaban J connectivity index is 1.23. The van der Waals surface area contributed by atoms with Crippen LogP contribution >= 0.6 is 0 Å². The number of benzene rings is 6. The van der Waals surface area contributed by atoms with Crippen molar-refractivity contribution in [3.63, 3.8) is 0 Å². The Bertz CT molecular complexity index is 2330. The lowest BCUT2D eigenvalue weighted by Gasteiger charge is -2.11. The molecule has 2 heterocycles. The zero-order valence-corrected chi connectivity index (χ0v) is 26.1. The van der Waals surface area contributed by atoms with E-state index in [4.69, 9.17) is 29.9 Å². The van der Waals surface area contributed by atoms with Gasteiger partial charge in [-0.3, -0.25) is 0 Å². The molecular weight excluding hydrogens is 608 g/mol. The molecule has 0 spiro atoms. The van der Waals surface area contributed by atoms with Gasteiger partial charge < -0.3 is 0 Å². The van der Waals surface area contributed by atoms with Gasteiger partial charge in [-0.2, -0.15) is 0 Å². The largest absolute Gasteiger partial charge is 0.208 e. The number of hydrogen-bond donors (Lipinski definition) is 0. The maximum Gasteiger partial charge on any atom is 0.167 e. The summed E-state index contributed by atoms with van der Waals surface area (Å²) >= 11 is 0. The monoisotopic (exact) mass is 634 g/mol. The van der Waals surface area contributed by atoms with Crippen molar-refractivity contribution in [1.29, 1.82) is 0 Å². The van der Waals surface area contributed by atoms with Crippen LogP contribution < -0.4 is 0 Å². The van der Waals surface area contributed by atoms with E-state index in [1.807, 2.05) is 121 Å². The lowest BCUT2D eigenvalue weighted by molar-refractivity contribution is 0.630. The standard InChI is InChI=1S/C42H27FN6/c43-36-27-34(24-25-35(36)42-48-38(30-18-9-3-10-19-30)44-39(49-42)31-20-11-4-12-21-31)41-46-37(29-16-7-2-8-17-29)45-40(47-41)33-23-13-22-32(26-33)28-14-5-1-6-15-28/h1-27H. The Morgan fingerprint density at radius 2 is 0.612 bits per heavy atom. The minimum absolute atomic E-state index is 0.232. The first-order valence-corrected chi connectivity index (χ1v) is 15.8. The van der Waals surface area contributed by atoms with E-state index in [9.17, 15) is 0 Å². The summed E-state index contributed by atoms with van der Waals surface area (Å²) < 4.78 is 16.2. The molecule has 0 aliphatic rings. The topological polar surface area (TPSA) is 77.3 Å². The minimum Gasteiger partial charge on any atom is -0.208 e. The highest BCUT2D eigenvalue weighted by Crippen LogP contribution is 2.31. The molecular formula is C42H27FN6. The predicted molar refractivity (Wildman–Crippen MR) is 191 cm³/mol. The summed E-state index contributed by atoms with van der Waals surface area (Å²) in [6, 6.07) is 52.0. The molecule has 0 saturated heterocycles. The van der Waals surface area contributed by atoms with E-state index in [0.717, 1.165) is 33.4 Å². The van der Waals surface area contributed by atoms with E-state index in [0.29, 0.717) is 34.7 Å². The first-order valence-electron chi connectivity index (χ1n) is 15.8. The molecule has 0 unspecified atom stereocenters. The van der Waals surface area contributed by atoms with Crippen LogP contribution in [-0.2, 0) is 0 Å². The molecule has 0 N–H and O–H groups in total. The van der Waals surface area contributed by atoms with Crippen molar-refractivity contribution in [1.82, 2.24) is 29.9 Å². The van der Waals surface area contributed by atoms with Crippen LogP contribution in [0.25, 0.3) is 79.5 Å². The minimum atomic E-state index is -0.504. The second kappa shape index (κ2) is 13.2. The molecule has 2 aromatic heterocycles. The van der Waals surface area contributed by atoms with Crippen molar-refractivity contribution in [2.24, 2.45) is 0 Å². The van der Waals surface area contributed by atoms with E-state index in [1.165, 1.54) is 6.07 Å². The maximum atomic E-state index is 16.2. The van der Waals surface area contributed by atoms with Crippen molar-refractivity contribution in [2.75, 3.05) is 0 Å². The molecule has 6 nitrogen and oxygen atoms in total. The van der Waals surface area contributed by atoms with Crippen LogP contribution in [-0.4, -0.2) is 29.9 Å². The molecule has 0 fully saturated rings. The van der Waals surface area contributed by atoms with Crippen molar-refractivity contribution >= 4 is 0 Å². The van der Waals surface area contributed by atoms with Gasteiger partial charge in [-0.05, 0) is 29.3 Å². The van der Waals surface area contributed by atoms with Crippen LogP contribution in [0.3, 0.4) is 0 Å². The van der Waals surface area contributed by atoms with Crippen LogP contribution in [0.1, 0.15) is 0 Å². The Hall–Kier alpha value is -6.73. The number of aromatic nitrogens is 6. The van der Waals surface area contributed by atoms with Crippen LogP contribution in [0.2, 0.25) is 0 Å². The zero-order chi connectivity index (χ0) is 33.0. The quantitative estimate of drug-likeness (QED) is 0.174. The molecule has 232 valence electrons. The smallest absolute Gasteiger partial charge is 0.167 e. The number of halogens is 1. The van der Waals surface area contributed by atoms with Crippen molar-refractivity contribution in [3.8, 4) is 79.5 Å². The van der Waals surface area contributed by atoms with Crippen molar-refractivity contribution in [2.45, 2.75) is 0 Å². The predicted octanol–water partition coefficient (Wildman–Crippen LogP) is 9.86. The molecule has 0 aliphatic carbocycles. The number of rotatable bonds is 7. The highest BCUT2D eigenvalue weighted by Gasteiger charge is 2.18. The molecule has 0 atom stereocenters. The van der Waals surface area contributed by atoms with Gasteiger partial charge in [0, 0.05) is 27.8 Å². The SMILES string of the molecule is Fc1cc(-c2nc(-c3ccccc3)nc(-c3cccc(-c4ccccc4)c3)n2)ccc1-c1nc(-c2ccccc2)nc(-c2ccccc2)n1. The highest BCUT2D eigenvalue weighted by atomic mass is 19.1. The summed E-state index contributed by atoms with van der Waals surface area (Å²) in [5.74, 6) is 1.98. The second-order valence-electron chi connectivity index (χ2n) is 11.4. The molecule has 6 aromatic carbocycles.